The molecule has 0 aromatic heterocycles. The Balaban J connectivity index is 4.14. The number of carboxylic acid groups (broad SMARTS) is 1. The highest BCUT2D eigenvalue weighted by atomic mass is 35.5. The Morgan fingerprint density at radius 2 is 2.33 bits per heavy atom. The summed E-state index contributed by atoms with van der Waals surface area (Å²) in [5, 5.41) is 8.71. The van der Waals surface area contributed by atoms with E-state index in [1.165, 1.54) is 13.0 Å². The molecule has 0 fully saturated rings. The van der Waals surface area contributed by atoms with Gasteiger partial charge >= 0.3 is 5.97 Å². The van der Waals surface area contributed by atoms with Gasteiger partial charge in [-0.15, -0.1) is 11.6 Å². The minimum atomic E-state index is -0.998. The van der Waals surface area contributed by atoms with Crippen molar-refractivity contribution in [3.05, 3.63) is 0 Å². The number of aliphatic carboxylic acids is 1. The van der Waals surface area contributed by atoms with E-state index < -0.39 is 11.4 Å². The molecule has 0 aliphatic carbocycles. The summed E-state index contributed by atoms with van der Waals surface area (Å²) in [5.41, 5.74) is -0.998. The highest BCUT2D eigenvalue weighted by Gasteiger charge is 2.31. The molecular weight excluding hydrogens is 182 g/mol. The molecule has 1 atom stereocenters. The van der Waals surface area contributed by atoms with Crippen molar-refractivity contribution in [2.45, 2.75) is 13.3 Å². The van der Waals surface area contributed by atoms with Crippen molar-refractivity contribution in [3.63, 3.8) is 0 Å². The van der Waals surface area contributed by atoms with Gasteiger partial charge in [0.1, 0.15) is 0 Å². The number of hydrogen-bond acceptors (Lipinski definition) is 3. The summed E-state index contributed by atoms with van der Waals surface area (Å²) in [6.45, 7) is 1.67. The van der Waals surface area contributed by atoms with Crippen LogP contribution in [0.5, 0.6) is 0 Å². The summed E-state index contributed by atoms with van der Waals surface area (Å²) in [7, 11) is 0. The maximum Gasteiger partial charge on any atom is 0.310 e. The third-order valence-electron chi connectivity index (χ3n) is 1.65. The molecule has 0 heterocycles. The summed E-state index contributed by atoms with van der Waals surface area (Å²) in [4.78, 5) is 23.6. The van der Waals surface area contributed by atoms with E-state index in [-0.39, 0.29) is 18.8 Å². The number of aliphatic imine (C=N–C) groups is 1. The van der Waals surface area contributed by atoms with Crippen LogP contribution in [0.4, 0.5) is 0 Å². The number of nitrogens with zero attached hydrogens (tertiary/aromatic N) is 1. The largest absolute Gasteiger partial charge is 0.481 e. The van der Waals surface area contributed by atoms with Gasteiger partial charge in [0.2, 0.25) is 6.08 Å². The number of carbonyl (C=O) groups is 1. The van der Waals surface area contributed by atoms with Gasteiger partial charge in [-0.2, -0.15) is 0 Å². The van der Waals surface area contributed by atoms with Crippen molar-refractivity contribution in [2.24, 2.45) is 10.4 Å². The lowest BCUT2D eigenvalue weighted by atomic mass is 9.89. The number of isocyanates is 1. The molecule has 4 nitrogen and oxygen atoms in total. The molecule has 0 radical (unpaired) electrons. The van der Waals surface area contributed by atoms with Crippen LogP contribution in [0.15, 0.2) is 4.99 Å². The van der Waals surface area contributed by atoms with Gasteiger partial charge in [-0.25, -0.2) is 9.79 Å². The van der Waals surface area contributed by atoms with Crippen molar-refractivity contribution < 1.29 is 14.7 Å². The normalized spacial score (nSPS) is 14.5. The first kappa shape index (κ1) is 11.1. The lowest BCUT2D eigenvalue weighted by Gasteiger charge is -2.19. The molecule has 0 saturated heterocycles. The second kappa shape index (κ2) is 4.91. The Bertz CT molecular complexity index is 213. The molecular formula is C7H10ClNO3. The third-order valence-corrected chi connectivity index (χ3v) is 2.24. The molecule has 0 aromatic rings. The number of rotatable bonds is 5. The first-order chi connectivity index (χ1) is 5.56. The van der Waals surface area contributed by atoms with Crippen molar-refractivity contribution in [1.29, 1.82) is 0 Å². The lowest BCUT2D eigenvalue weighted by Crippen LogP contribution is -2.30. The zero-order valence-electron chi connectivity index (χ0n) is 6.71. The average molecular weight is 192 g/mol. The second-order valence-corrected chi connectivity index (χ2v) is 2.99. The van der Waals surface area contributed by atoms with Crippen LogP contribution in [0.25, 0.3) is 0 Å². The van der Waals surface area contributed by atoms with Gasteiger partial charge in [0, 0.05) is 5.88 Å². The Kier molecular flexibility index (Phi) is 4.55. The van der Waals surface area contributed by atoms with Gasteiger partial charge in [-0.3, -0.25) is 4.79 Å². The second-order valence-electron chi connectivity index (χ2n) is 2.72. The fourth-order valence-electron chi connectivity index (χ4n) is 0.579. The standard InChI is InChI=1S/C7H10ClNO3/c1-7(4-8,6(11)12)2-3-9-5-10/h2-4H2,1H3,(H,11,12). The SMILES string of the molecule is CC(CCl)(CCN=C=O)C(=O)O. The molecule has 0 aromatic carbocycles. The summed E-state index contributed by atoms with van der Waals surface area (Å²) in [6.07, 6.45) is 1.59. The first-order valence-electron chi connectivity index (χ1n) is 3.40. The minimum absolute atomic E-state index is 0.0106. The molecule has 0 spiro atoms. The van der Waals surface area contributed by atoms with E-state index in [0.29, 0.717) is 0 Å². The molecule has 0 amide bonds. The van der Waals surface area contributed by atoms with Gasteiger partial charge in [-0.1, -0.05) is 0 Å². The Hall–Kier alpha value is -0.860. The van der Waals surface area contributed by atoms with E-state index in [0.717, 1.165) is 0 Å². The Labute approximate surface area is 75.2 Å². The predicted molar refractivity (Wildman–Crippen MR) is 44.1 cm³/mol. The number of alkyl halides is 1. The molecule has 68 valence electrons. The minimum Gasteiger partial charge on any atom is -0.481 e. The molecule has 0 rings (SSSR count). The molecule has 1 N–H and O–H groups in total. The highest BCUT2D eigenvalue weighted by Crippen LogP contribution is 2.23. The number of hydrogen-bond donors (Lipinski definition) is 1. The Morgan fingerprint density at radius 3 is 2.67 bits per heavy atom. The van der Waals surface area contributed by atoms with Gasteiger partial charge in [0.25, 0.3) is 0 Å². The molecule has 1 unspecified atom stereocenters. The van der Waals surface area contributed by atoms with E-state index in [2.05, 4.69) is 4.99 Å². The van der Waals surface area contributed by atoms with Crippen LogP contribution in [0.2, 0.25) is 0 Å². The maximum absolute atomic E-state index is 10.6. The number of carboxylic acids is 1. The van der Waals surface area contributed by atoms with Crippen molar-refractivity contribution in [1.82, 2.24) is 0 Å². The van der Waals surface area contributed by atoms with E-state index in [4.69, 9.17) is 16.7 Å². The topological polar surface area (TPSA) is 66.7 Å². The molecule has 0 aliphatic heterocycles. The molecule has 0 aliphatic rings. The molecule has 12 heavy (non-hydrogen) atoms. The summed E-state index contributed by atoms with van der Waals surface area (Å²) >= 11 is 5.46. The van der Waals surface area contributed by atoms with Crippen LogP contribution < -0.4 is 0 Å². The highest BCUT2D eigenvalue weighted by molar-refractivity contribution is 6.19. The lowest BCUT2D eigenvalue weighted by molar-refractivity contribution is -0.146. The maximum atomic E-state index is 10.6. The van der Waals surface area contributed by atoms with E-state index in [1.54, 1.807) is 0 Å². The van der Waals surface area contributed by atoms with E-state index >= 15 is 0 Å². The van der Waals surface area contributed by atoms with Crippen LogP contribution in [0.1, 0.15) is 13.3 Å². The molecule has 0 bridgehead atoms. The zero-order valence-corrected chi connectivity index (χ0v) is 7.47. The van der Waals surface area contributed by atoms with Gasteiger partial charge in [0.05, 0.1) is 12.0 Å². The molecule has 0 saturated carbocycles. The van der Waals surface area contributed by atoms with E-state index in [9.17, 15) is 9.59 Å². The fraction of sp³-hybridized carbons (Fsp3) is 0.714. The third kappa shape index (κ3) is 3.03. The van der Waals surface area contributed by atoms with Crippen molar-refractivity contribution in [2.75, 3.05) is 12.4 Å². The number of halogens is 1. The van der Waals surface area contributed by atoms with Crippen LogP contribution in [-0.2, 0) is 9.59 Å². The van der Waals surface area contributed by atoms with Gasteiger partial charge in [0.15, 0.2) is 0 Å². The van der Waals surface area contributed by atoms with Gasteiger partial charge < -0.3 is 5.11 Å². The average Bonchev–Trinajstić information content (AvgIpc) is 2.04. The quantitative estimate of drug-likeness (QED) is 0.401. The predicted octanol–water partition coefficient (Wildman–Crippen LogP) is 1.04. The molecule has 5 heteroatoms. The Morgan fingerprint density at radius 1 is 1.75 bits per heavy atom. The summed E-state index contributed by atoms with van der Waals surface area (Å²) in [6, 6.07) is 0. The van der Waals surface area contributed by atoms with Crippen LogP contribution >= 0.6 is 11.6 Å². The monoisotopic (exact) mass is 191 g/mol. The first-order valence-corrected chi connectivity index (χ1v) is 3.93. The van der Waals surface area contributed by atoms with Gasteiger partial charge in [-0.05, 0) is 13.3 Å². The van der Waals surface area contributed by atoms with Crippen LogP contribution in [0.3, 0.4) is 0 Å². The van der Waals surface area contributed by atoms with Crippen molar-refractivity contribution >= 4 is 23.7 Å². The fourth-order valence-corrected chi connectivity index (χ4v) is 0.827. The van der Waals surface area contributed by atoms with Crippen molar-refractivity contribution in [3.8, 4) is 0 Å². The zero-order chi connectivity index (χ0) is 9.61. The van der Waals surface area contributed by atoms with E-state index in [1.807, 2.05) is 0 Å². The number of carbonyl (C=O) groups excluding carboxylic acids is 1. The van der Waals surface area contributed by atoms with Crippen LogP contribution in [-0.4, -0.2) is 29.6 Å². The smallest absolute Gasteiger partial charge is 0.310 e. The summed E-state index contributed by atoms with van der Waals surface area (Å²) < 4.78 is 0. The van der Waals surface area contributed by atoms with Crippen LogP contribution in [0, 0.1) is 5.41 Å². The summed E-state index contributed by atoms with van der Waals surface area (Å²) in [5.74, 6) is -0.963.